The smallest absolute Gasteiger partial charge is 0.341 e. The molecule has 1 N–H and O–H groups in total. The third kappa shape index (κ3) is 13.8. The highest BCUT2D eigenvalue weighted by Crippen LogP contribution is 2.27. The van der Waals surface area contributed by atoms with Gasteiger partial charge >= 0.3 is 12.0 Å². The number of ether oxygens (including phenoxy) is 2. The van der Waals surface area contributed by atoms with Crippen LogP contribution in [0.2, 0.25) is 0 Å². The molecule has 0 heterocycles. The summed E-state index contributed by atoms with van der Waals surface area (Å²) in [7, 11) is 0. The number of aryl methyl sites for hydroxylation is 2. The number of hydrogen-bond acceptors (Lipinski definition) is 5. The Labute approximate surface area is 264 Å². The first-order valence-corrected chi connectivity index (χ1v) is 16.7. The number of hydrogen-bond donors (Lipinski definition) is 1. The topological polar surface area (TPSA) is 75.0 Å². The van der Waals surface area contributed by atoms with Crippen LogP contribution in [-0.4, -0.2) is 25.7 Å². The van der Waals surface area contributed by atoms with Gasteiger partial charge in [0.25, 0.3) is 0 Å². The van der Waals surface area contributed by atoms with Crippen LogP contribution in [-0.2, 0) is 16.1 Å². The van der Waals surface area contributed by atoms with Gasteiger partial charge in [0.2, 0.25) is 0 Å². The molecule has 0 fully saturated rings. The molecule has 3 aromatic carbocycles. The number of fused-ring (bicyclic) bond motifs is 1. The number of carbonyl (C=O) groups is 1. The van der Waals surface area contributed by atoms with Crippen molar-refractivity contribution in [2.75, 3.05) is 19.8 Å². The minimum atomic E-state index is -0.107. The van der Waals surface area contributed by atoms with Crippen molar-refractivity contribution in [2.24, 2.45) is 0 Å². The summed E-state index contributed by atoms with van der Waals surface area (Å²) >= 11 is 0. The highest BCUT2D eigenvalue weighted by Gasteiger charge is 2.12. The zero-order valence-electron chi connectivity index (χ0n) is 27.0. The zero-order chi connectivity index (χ0) is 31.2. The van der Waals surface area contributed by atoms with Gasteiger partial charge in [0.1, 0.15) is 5.75 Å². The molecular weight excluding hydrogens is 548 g/mol. The number of nitrogens with one attached hydrogen (secondary N) is 1. The Bertz CT molecular complexity index is 1310. The molecule has 0 aromatic heterocycles. The fraction of sp³-hybridized carbons (Fsp3) is 0.526. The molecule has 6 heteroatoms. The van der Waals surface area contributed by atoms with Gasteiger partial charge in [-0.25, -0.2) is 0 Å². The summed E-state index contributed by atoms with van der Waals surface area (Å²) in [6.45, 7) is 7.43. The average molecular weight is 601 g/mol. The lowest BCUT2D eigenvalue weighted by Crippen LogP contribution is -2.14. The maximum absolute atomic E-state index is 12.0. The van der Waals surface area contributed by atoms with Crippen LogP contribution in [0.25, 0.3) is 15.8 Å². The molecular formula is C38H52N2O4. The molecule has 44 heavy (non-hydrogen) atoms. The first-order chi connectivity index (χ1) is 21.6. The second kappa shape index (κ2) is 21.2. The number of benzene rings is 3. The Hall–Kier alpha value is -3.56. The van der Waals surface area contributed by atoms with Crippen molar-refractivity contribution >= 4 is 16.7 Å². The van der Waals surface area contributed by atoms with Crippen molar-refractivity contribution in [2.45, 2.75) is 110 Å². The van der Waals surface area contributed by atoms with Crippen LogP contribution in [0.3, 0.4) is 0 Å². The minimum absolute atomic E-state index is 0.107. The summed E-state index contributed by atoms with van der Waals surface area (Å²) in [6.07, 6.45) is 15.4. The molecule has 0 atom stereocenters. The van der Waals surface area contributed by atoms with Crippen LogP contribution >= 0.6 is 0 Å². The molecule has 0 spiro atoms. The van der Waals surface area contributed by atoms with E-state index in [1.165, 1.54) is 68.1 Å². The molecule has 238 valence electrons. The van der Waals surface area contributed by atoms with Gasteiger partial charge in [-0.3, -0.25) is 4.79 Å². The molecule has 0 bridgehead atoms. The van der Waals surface area contributed by atoms with E-state index in [1.54, 1.807) is 0 Å². The van der Waals surface area contributed by atoms with Gasteiger partial charge in [0, 0.05) is 23.4 Å². The average Bonchev–Trinajstić information content (AvgIpc) is 3.01. The zero-order valence-corrected chi connectivity index (χ0v) is 27.0. The Morgan fingerprint density at radius 1 is 0.773 bits per heavy atom. The Morgan fingerprint density at radius 3 is 2.14 bits per heavy atom. The van der Waals surface area contributed by atoms with E-state index in [0.717, 1.165) is 56.0 Å². The molecule has 6 nitrogen and oxygen atoms in total. The Kier molecular flexibility index (Phi) is 16.8. The Balaban J connectivity index is 1.07. The third-order valence-electron chi connectivity index (χ3n) is 7.95. The van der Waals surface area contributed by atoms with Gasteiger partial charge in [0.15, 0.2) is 5.56 Å². The van der Waals surface area contributed by atoms with Crippen molar-refractivity contribution in [3.05, 3.63) is 87.1 Å². The number of carbonyl (C=O) groups excluding carboxylic acids is 1. The second-order valence-electron chi connectivity index (χ2n) is 12.0. The van der Waals surface area contributed by atoms with Gasteiger partial charge in [-0.05, 0) is 69.5 Å². The predicted molar refractivity (Wildman–Crippen MR) is 182 cm³/mol. The molecule has 0 unspecified atom stereocenters. The van der Waals surface area contributed by atoms with E-state index < -0.39 is 0 Å². The van der Waals surface area contributed by atoms with Crippen LogP contribution < -0.4 is 10.1 Å². The van der Waals surface area contributed by atoms with Gasteiger partial charge in [-0.2, -0.15) is 0 Å². The van der Waals surface area contributed by atoms with Crippen molar-refractivity contribution < 1.29 is 14.3 Å². The van der Waals surface area contributed by atoms with Crippen LogP contribution in [0.15, 0.2) is 54.6 Å². The molecule has 0 saturated carbocycles. The minimum Gasteiger partial charge on any atom is -0.498 e. The maximum Gasteiger partial charge on any atom is 0.341 e. The number of unbranched alkanes of at least 4 members (excludes halogenated alkanes) is 11. The van der Waals surface area contributed by atoms with E-state index in [1.807, 2.05) is 36.4 Å². The monoisotopic (exact) mass is 600 g/mol. The molecule has 0 aliphatic carbocycles. The fourth-order valence-electron chi connectivity index (χ4n) is 5.69. The second-order valence-corrected chi connectivity index (χ2v) is 12.0. The van der Waals surface area contributed by atoms with Gasteiger partial charge in [-0.15, -0.1) is 0 Å². The summed E-state index contributed by atoms with van der Waals surface area (Å²) in [5, 5.41) is 19.2. The van der Waals surface area contributed by atoms with Crippen LogP contribution in [0.5, 0.6) is 5.75 Å². The third-order valence-corrected chi connectivity index (χ3v) is 7.95. The fourth-order valence-corrected chi connectivity index (χ4v) is 5.69. The molecule has 0 amide bonds. The van der Waals surface area contributed by atoms with E-state index >= 15 is 0 Å². The number of nitrogens with zero attached hydrogens (tertiary/aromatic N) is 1. The molecule has 0 aliphatic rings. The lowest BCUT2D eigenvalue weighted by molar-refractivity contribution is -0.143. The summed E-state index contributed by atoms with van der Waals surface area (Å²) in [5.41, 5.74) is 4.65. The van der Waals surface area contributed by atoms with E-state index in [0.29, 0.717) is 30.9 Å². The van der Waals surface area contributed by atoms with Crippen molar-refractivity contribution in [1.82, 2.24) is 5.32 Å². The number of esters is 1. The molecule has 0 radical (unpaired) electrons. The maximum atomic E-state index is 12.0. The molecule has 3 aromatic rings. The SMILES string of the molecule is Cc1cc(C)cc(CNCCCCCCCCCCCCOC(=O)CCCCCOc2ccc3ccccc3c2C#[N+][O-])c1. The highest BCUT2D eigenvalue weighted by molar-refractivity contribution is 5.90. The lowest BCUT2D eigenvalue weighted by atomic mass is 10.0. The van der Waals surface area contributed by atoms with Gasteiger partial charge in [0.05, 0.1) is 13.2 Å². The lowest BCUT2D eigenvalue weighted by Gasteiger charge is -2.09. The number of rotatable bonds is 22. The molecule has 0 saturated heterocycles. The van der Waals surface area contributed by atoms with E-state index in [4.69, 9.17) is 9.47 Å². The van der Waals surface area contributed by atoms with E-state index in [-0.39, 0.29) is 5.97 Å². The summed E-state index contributed by atoms with van der Waals surface area (Å²) in [6, 6.07) is 20.9. The van der Waals surface area contributed by atoms with Gasteiger partial charge < -0.3 is 20.0 Å². The first kappa shape index (κ1) is 34.9. The summed E-state index contributed by atoms with van der Waals surface area (Å²) < 4.78 is 11.3. The van der Waals surface area contributed by atoms with E-state index in [9.17, 15) is 10.0 Å². The molecule has 3 rings (SSSR count). The standard InChI is InChI=1S/C38H52N2O4/c1-31-26-32(2)28-33(27-31)29-39-23-15-9-7-5-3-4-6-8-10-16-25-44-38(41)20-12-11-17-24-43-37-22-21-34-18-13-14-19-35(34)36(37)30-40-42/h13-14,18-19,21-22,26-28,39H,3-12,15-17,20,23-25,29H2,1-2H3. The van der Waals surface area contributed by atoms with Crippen LogP contribution in [0.1, 0.15) is 112 Å². The van der Waals surface area contributed by atoms with Crippen LogP contribution in [0.4, 0.5) is 0 Å². The van der Waals surface area contributed by atoms with Crippen molar-refractivity contribution in [3.8, 4) is 11.8 Å². The predicted octanol–water partition coefficient (Wildman–Crippen LogP) is 9.81. The summed E-state index contributed by atoms with van der Waals surface area (Å²) in [4.78, 5) is 12.0. The Morgan fingerprint density at radius 2 is 1.41 bits per heavy atom. The van der Waals surface area contributed by atoms with E-state index in [2.05, 4.69) is 48.4 Å². The van der Waals surface area contributed by atoms with Gasteiger partial charge in [-0.1, -0.05) is 111 Å². The quantitative estimate of drug-likeness (QED) is 0.0706. The van der Waals surface area contributed by atoms with Crippen LogP contribution in [0, 0.1) is 25.1 Å². The highest BCUT2D eigenvalue weighted by atomic mass is 16.5. The van der Waals surface area contributed by atoms with Crippen molar-refractivity contribution in [1.29, 1.82) is 0 Å². The van der Waals surface area contributed by atoms with Crippen molar-refractivity contribution in [3.63, 3.8) is 0 Å². The largest absolute Gasteiger partial charge is 0.498 e. The normalized spacial score (nSPS) is 10.9. The molecule has 0 aliphatic heterocycles. The summed E-state index contributed by atoms with van der Waals surface area (Å²) in [5.74, 6) is 0.496. The first-order valence-electron chi connectivity index (χ1n) is 16.7.